The zero-order chi connectivity index (χ0) is 20.1. The third kappa shape index (κ3) is 4.41. The number of hydrazone groups is 1. The second-order valence-electron chi connectivity index (χ2n) is 6.10. The van der Waals surface area contributed by atoms with Crippen LogP contribution in [0.5, 0.6) is 0 Å². The molecule has 0 aliphatic carbocycles. The first-order valence-corrected chi connectivity index (χ1v) is 8.38. The van der Waals surface area contributed by atoms with Gasteiger partial charge in [-0.05, 0) is 17.7 Å². The molecule has 0 saturated carbocycles. The lowest BCUT2D eigenvalue weighted by molar-refractivity contribution is -0.137. The van der Waals surface area contributed by atoms with Crippen LogP contribution in [0, 0.1) is 12.3 Å². The van der Waals surface area contributed by atoms with Crippen molar-refractivity contribution in [1.82, 2.24) is 9.99 Å². The number of benzene rings is 2. The average Bonchev–Trinajstić information content (AvgIpc) is 3.00. The molecule has 0 saturated heterocycles. The Balaban J connectivity index is 1.69. The van der Waals surface area contributed by atoms with E-state index in [9.17, 15) is 18.0 Å². The van der Waals surface area contributed by atoms with Gasteiger partial charge in [-0.1, -0.05) is 42.3 Å². The summed E-state index contributed by atoms with van der Waals surface area (Å²) in [5.74, 6) is 2.06. The maximum atomic E-state index is 12.7. The smallest absolute Gasteiger partial charge is 0.335 e. The predicted molar refractivity (Wildman–Crippen MR) is 102 cm³/mol. The first kappa shape index (κ1) is 19.2. The van der Waals surface area contributed by atoms with Crippen LogP contribution in [0.2, 0.25) is 0 Å². The van der Waals surface area contributed by atoms with E-state index in [0.717, 1.165) is 28.6 Å². The normalized spacial score (nSPS) is 11.6. The lowest BCUT2D eigenvalue weighted by Gasteiger charge is -2.08. The lowest BCUT2D eigenvalue weighted by Crippen LogP contribution is -2.20. The number of rotatable bonds is 5. The topological polar surface area (TPSA) is 46.4 Å². The van der Waals surface area contributed by atoms with E-state index in [-0.39, 0.29) is 12.0 Å². The van der Waals surface area contributed by atoms with Crippen LogP contribution in [0.25, 0.3) is 10.9 Å². The Morgan fingerprint density at radius 1 is 1.21 bits per heavy atom. The minimum Gasteiger partial charge on any atom is -0.335 e. The maximum absolute atomic E-state index is 12.7. The van der Waals surface area contributed by atoms with Gasteiger partial charge in [0.1, 0.15) is 0 Å². The molecule has 0 bridgehead atoms. The molecule has 3 aromatic rings. The molecule has 0 unspecified atom stereocenters. The number of alkyl halides is 3. The highest BCUT2D eigenvalue weighted by Gasteiger charge is 2.30. The van der Waals surface area contributed by atoms with Crippen molar-refractivity contribution in [2.45, 2.75) is 19.1 Å². The van der Waals surface area contributed by atoms with Crippen LogP contribution in [0.3, 0.4) is 0 Å². The Morgan fingerprint density at radius 3 is 2.75 bits per heavy atom. The van der Waals surface area contributed by atoms with Crippen LogP contribution in [-0.2, 0) is 23.9 Å². The molecule has 0 atom stereocenters. The first-order valence-electron chi connectivity index (χ1n) is 8.38. The molecule has 0 aliphatic rings. The zero-order valence-corrected chi connectivity index (χ0v) is 14.7. The third-order valence-corrected chi connectivity index (χ3v) is 4.09. The van der Waals surface area contributed by atoms with Crippen LogP contribution in [0.15, 0.2) is 59.8 Å². The summed E-state index contributed by atoms with van der Waals surface area (Å²) in [6.07, 6.45) is 4.04. The minimum absolute atomic E-state index is 0.208. The van der Waals surface area contributed by atoms with Gasteiger partial charge in [-0.2, -0.15) is 18.3 Å². The fourth-order valence-electron chi connectivity index (χ4n) is 2.86. The molecule has 0 spiro atoms. The molecular formula is C21H16F3N3O. The fourth-order valence-corrected chi connectivity index (χ4v) is 2.86. The Hall–Kier alpha value is -3.53. The zero-order valence-electron chi connectivity index (χ0n) is 14.7. The van der Waals surface area contributed by atoms with Crippen molar-refractivity contribution in [2.24, 2.45) is 5.10 Å². The Morgan fingerprint density at radius 2 is 2.00 bits per heavy atom. The van der Waals surface area contributed by atoms with E-state index in [2.05, 4.69) is 16.4 Å². The second-order valence-corrected chi connectivity index (χ2v) is 6.10. The summed E-state index contributed by atoms with van der Waals surface area (Å²) in [6.45, 7) is 0.399. The van der Waals surface area contributed by atoms with Gasteiger partial charge in [0, 0.05) is 22.7 Å². The fraction of sp³-hybridized carbons (Fsp3) is 0.143. The average molecular weight is 383 g/mol. The van der Waals surface area contributed by atoms with Crippen molar-refractivity contribution >= 4 is 23.0 Å². The maximum Gasteiger partial charge on any atom is 0.416 e. The molecule has 1 aromatic heterocycles. The molecule has 1 amide bonds. The molecule has 1 heterocycles. The third-order valence-electron chi connectivity index (χ3n) is 4.09. The summed E-state index contributed by atoms with van der Waals surface area (Å²) < 4.78 is 40.1. The number of hydrogen-bond acceptors (Lipinski definition) is 2. The summed E-state index contributed by atoms with van der Waals surface area (Å²) >= 11 is 0. The van der Waals surface area contributed by atoms with Crippen LogP contribution in [0.1, 0.15) is 16.7 Å². The Bertz CT molecular complexity index is 1070. The van der Waals surface area contributed by atoms with Crippen molar-refractivity contribution < 1.29 is 18.0 Å². The highest BCUT2D eigenvalue weighted by atomic mass is 19.4. The van der Waals surface area contributed by atoms with Crippen molar-refractivity contribution in [3.05, 3.63) is 71.4 Å². The van der Waals surface area contributed by atoms with Gasteiger partial charge in [-0.15, -0.1) is 6.42 Å². The van der Waals surface area contributed by atoms with E-state index in [1.54, 1.807) is 0 Å². The van der Waals surface area contributed by atoms with E-state index < -0.39 is 17.6 Å². The lowest BCUT2D eigenvalue weighted by atomic mass is 10.1. The van der Waals surface area contributed by atoms with Gasteiger partial charge < -0.3 is 4.57 Å². The number of nitrogens with zero attached hydrogens (tertiary/aromatic N) is 2. The number of aromatic nitrogens is 1. The number of nitrogens with one attached hydrogen (secondary N) is 1. The van der Waals surface area contributed by atoms with Gasteiger partial charge in [0.15, 0.2) is 0 Å². The van der Waals surface area contributed by atoms with Gasteiger partial charge in [0.05, 0.1) is 24.7 Å². The monoisotopic (exact) mass is 383 g/mol. The summed E-state index contributed by atoms with van der Waals surface area (Å²) in [5.41, 5.74) is 3.52. The number of carbonyl (C=O) groups excluding carboxylic acids is 1. The highest BCUT2D eigenvalue weighted by molar-refractivity contribution is 5.99. The van der Waals surface area contributed by atoms with Crippen LogP contribution < -0.4 is 5.43 Å². The standard InChI is InChI=1S/C21H16F3N3O/c1-2-10-27-14-16(18-8-3-4-9-19(18)27)13-25-26-20(28)12-15-6-5-7-17(11-15)21(22,23)24/h1,3-9,11,13-14H,10,12H2,(H,26,28)/b25-13+. The summed E-state index contributed by atoms with van der Waals surface area (Å²) in [5, 5.41) is 4.85. The number of halogens is 3. The van der Waals surface area contributed by atoms with Gasteiger partial charge in [-0.3, -0.25) is 4.79 Å². The van der Waals surface area contributed by atoms with E-state index in [1.807, 2.05) is 35.0 Å². The van der Waals surface area contributed by atoms with Crippen LogP contribution >= 0.6 is 0 Å². The molecule has 4 nitrogen and oxygen atoms in total. The van der Waals surface area contributed by atoms with Crippen molar-refractivity contribution in [3.63, 3.8) is 0 Å². The van der Waals surface area contributed by atoms with Gasteiger partial charge >= 0.3 is 6.18 Å². The second kappa shape index (κ2) is 8.01. The number of fused-ring (bicyclic) bond motifs is 1. The number of para-hydroxylation sites is 1. The minimum atomic E-state index is -4.45. The molecule has 0 aliphatic heterocycles. The Labute approximate surface area is 159 Å². The molecule has 7 heteroatoms. The number of carbonyl (C=O) groups is 1. The van der Waals surface area contributed by atoms with Crippen LogP contribution in [-0.4, -0.2) is 16.7 Å². The summed E-state index contributed by atoms with van der Waals surface area (Å²) in [4.78, 5) is 12.0. The number of hydrogen-bond donors (Lipinski definition) is 1. The predicted octanol–water partition coefficient (Wildman–Crippen LogP) is 3.99. The molecule has 3 rings (SSSR count). The summed E-state index contributed by atoms with van der Waals surface area (Å²) in [7, 11) is 0. The highest BCUT2D eigenvalue weighted by Crippen LogP contribution is 2.29. The van der Waals surface area contributed by atoms with E-state index >= 15 is 0 Å². The van der Waals surface area contributed by atoms with Gasteiger partial charge in [-0.25, -0.2) is 5.43 Å². The molecule has 0 fully saturated rings. The Kier molecular flexibility index (Phi) is 5.50. The largest absolute Gasteiger partial charge is 0.416 e. The van der Waals surface area contributed by atoms with E-state index in [1.165, 1.54) is 18.3 Å². The van der Waals surface area contributed by atoms with Crippen molar-refractivity contribution in [1.29, 1.82) is 0 Å². The molecular weight excluding hydrogens is 367 g/mol. The van der Waals surface area contributed by atoms with E-state index in [4.69, 9.17) is 6.42 Å². The van der Waals surface area contributed by atoms with Gasteiger partial charge in [0.25, 0.3) is 0 Å². The first-order chi connectivity index (χ1) is 13.4. The number of amides is 1. The quantitative estimate of drug-likeness (QED) is 0.404. The molecule has 28 heavy (non-hydrogen) atoms. The summed E-state index contributed by atoms with van der Waals surface area (Å²) in [6, 6.07) is 12.3. The van der Waals surface area contributed by atoms with Crippen molar-refractivity contribution in [2.75, 3.05) is 0 Å². The van der Waals surface area contributed by atoms with E-state index in [0.29, 0.717) is 6.54 Å². The van der Waals surface area contributed by atoms with Crippen LogP contribution in [0.4, 0.5) is 13.2 Å². The number of terminal acetylenes is 1. The SMILES string of the molecule is C#CCn1cc(/C=N/NC(=O)Cc2cccc(C(F)(F)F)c2)c2ccccc21. The molecule has 0 radical (unpaired) electrons. The van der Waals surface area contributed by atoms with Gasteiger partial charge in [0.2, 0.25) is 5.91 Å². The molecule has 142 valence electrons. The molecule has 1 N–H and O–H groups in total. The molecule has 2 aromatic carbocycles. The van der Waals surface area contributed by atoms with Crippen molar-refractivity contribution in [3.8, 4) is 12.3 Å².